The van der Waals surface area contributed by atoms with Crippen LogP contribution in [0.15, 0.2) is 12.4 Å². The van der Waals surface area contributed by atoms with Crippen molar-refractivity contribution < 1.29 is 9.53 Å². The quantitative estimate of drug-likeness (QED) is 0.843. The molecule has 1 aromatic heterocycles. The van der Waals surface area contributed by atoms with Crippen LogP contribution in [0.4, 0.5) is 5.82 Å². The van der Waals surface area contributed by atoms with Crippen molar-refractivity contribution in [2.45, 2.75) is 38.1 Å². The van der Waals surface area contributed by atoms with Gasteiger partial charge in [-0.2, -0.15) is 0 Å². The lowest BCUT2D eigenvalue weighted by Crippen LogP contribution is -2.56. The van der Waals surface area contributed by atoms with Crippen LogP contribution in [-0.4, -0.2) is 53.1 Å². The Balaban J connectivity index is 1.84. The van der Waals surface area contributed by atoms with Crippen LogP contribution in [0.2, 0.25) is 0 Å². The van der Waals surface area contributed by atoms with Crippen molar-refractivity contribution >= 4 is 11.7 Å². The SMILES string of the molecule is CCN1C(=O)CC[C@]12CCCN(c1cc(OC)ncn1)C2. The summed E-state index contributed by atoms with van der Waals surface area (Å²) in [7, 11) is 1.61. The molecule has 0 radical (unpaired) electrons. The zero-order valence-corrected chi connectivity index (χ0v) is 12.7. The van der Waals surface area contributed by atoms with Gasteiger partial charge in [0.1, 0.15) is 12.1 Å². The van der Waals surface area contributed by atoms with Crippen molar-refractivity contribution in [2.24, 2.45) is 0 Å². The number of anilines is 1. The van der Waals surface area contributed by atoms with Crippen molar-refractivity contribution in [3.8, 4) is 5.88 Å². The van der Waals surface area contributed by atoms with Crippen molar-refractivity contribution in [3.05, 3.63) is 12.4 Å². The predicted molar refractivity (Wildman–Crippen MR) is 79.4 cm³/mol. The molecular weight excluding hydrogens is 268 g/mol. The largest absolute Gasteiger partial charge is 0.481 e. The molecule has 21 heavy (non-hydrogen) atoms. The number of hydrogen-bond acceptors (Lipinski definition) is 5. The number of carbonyl (C=O) groups is 1. The van der Waals surface area contributed by atoms with Crippen LogP contribution in [-0.2, 0) is 4.79 Å². The topological polar surface area (TPSA) is 58.6 Å². The Morgan fingerprint density at radius 3 is 3.00 bits per heavy atom. The molecule has 1 aromatic rings. The summed E-state index contributed by atoms with van der Waals surface area (Å²) in [5.74, 6) is 1.76. The summed E-state index contributed by atoms with van der Waals surface area (Å²) in [5, 5.41) is 0. The van der Waals surface area contributed by atoms with Gasteiger partial charge in [0.2, 0.25) is 11.8 Å². The number of rotatable bonds is 3. The number of likely N-dealkylation sites (N-methyl/N-ethyl adjacent to an activating group) is 1. The van der Waals surface area contributed by atoms with Gasteiger partial charge in [-0.15, -0.1) is 0 Å². The minimum absolute atomic E-state index is 0.0116. The average Bonchev–Trinajstić information content (AvgIpc) is 2.83. The Morgan fingerprint density at radius 2 is 2.24 bits per heavy atom. The van der Waals surface area contributed by atoms with Crippen molar-refractivity contribution in [2.75, 3.05) is 31.6 Å². The van der Waals surface area contributed by atoms with E-state index in [0.717, 1.165) is 44.7 Å². The first kappa shape index (κ1) is 14.1. The van der Waals surface area contributed by atoms with E-state index in [1.54, 1.807) is 7.11 Å². The molecule has 6 heteroatoms. The number of amides is 1. The highest BCUT2D eigenvalue weighted by Gasteiger charge is 2.47. The second kappa shape index (κ2) is 5.50. The van der Waals surface area contributed by atoms with Gasteiger partial charge in [0.05, 0.1) is 12.6 Å². The minimum Gasteiger partial charge on any atom is -0.481 e. The molecule has 0 bridgehead atoms. The first-order chi connectivity index (χ1) is 10.2. The van der Waals surface area contributed by atoms with E-state index >= 15 is 0 Å². The Labute approximate surface area is 125 Å². The Hall–Kier alpha value is -1.85. The molecule has 1 atom stereocenters. The smallest absolute Gasteiger partial charge is 0.223 e. The molecule has 0 aromatic carbocycles. The maximum Gasteiger partial charge on any atom is 0.223 e. The number of carbonyl (C=O) groups excluding carboxylic acids is 1. The fourth-order valence-electron chi connectivity index (χ4n) is 3.73. The van der Waals surface area contributed by atoms with Crippen molar-refractivity contribution in [1.29, 1.82) is 0 Å². The van der Waals surface area contributed by atoms with E-state index in [0.29, 0.717) is 18.2 Å². The number of aromatic nitrogens is 2. The maximum absolute atomic E-state index is 12.1. The molecule has 0 N–H and O–H groups in total. The fraction of sp³-hybridized carbons (Fsp3) is 0.667. The van der Waals surface area contributed by atoms with E-state index in [-0.39, 0.29) is 5.54 Å². The molecule has 114 valence electrons. The van der Waals surface area contributed by atoms with E-state index in [9.17, 15) is 4.79 Å². The molecule has 0 unspecified atom stereocenters. The summed E-state index contributed by atoms with van der Waals surface area (Å²) < 4.78 is 5.18. The number of ether oxygens (including phenoxy) is 1. The number of hydrogen-bond donors (Lipinski definition) is 0. The van der Waals surface area contributed by atoms with E-state index < -0.39 is 0 Å². The molecule has 3 heterocycles. The second-order valence-corrected chi connectivity index (χ2v) is 5.81. The number of nitrogens with zero attached hydrogens (tertiary/aromatic N) is 4. The summed E-state index contributed by atoms with van der Waals surface area (Å²) in [6.45, 7) is 4.68. The van der Waals surface area contributed by atoms with Gasteiger partial charge < -0.3 is 14.5 Å². The Morgan fingerprint density at radius 1 is 1.38 bits per heavy atom. The second-order valence-electron chi connectivity index (χ2n) is 5.81. The molecule has 2 fully saturated rings. The zero-order chi connectivity index (χ0) is 14.9. The monoisotopic (exact) mass is 290 g/mol. The van der Waals surface area contributed by atoms with Crippen molar-refractivity contribution in [3.63, 3.8) is 0 Å². The third-order valence-corrected chi connectivity index (χ3v) is 4.71. The van der Waals surface area contributed by atoms with Gasteiger partial charge in [-0.1, -0.05) is 0 Å². The summed E-state index contributed by atoms with van der Waals surface area (Å²) in [5.41, 5.74) is -0.0116. The highest BCUT2D eigenvalue weighted by Crippen LogP contribution is 2.38. The standard InChI is InChI=1S/C15H22N4O2/c1-3-19-14(20)5-7-15(19)6-4-8-18(10-15)12-9-13(21-2)17-11-16-12/h9,11H,3-8,10H2,1-2H3/t15-/m0/s1. The minimum atomic E-state index is -0.0116. The number of piperidine rings is 1. The predicted octanol–water partition coefficient (Wildman–Crippen LogP) is 1.47. The molecule has 2 aliphatic heterocycles. The lowest BCUT2D eigenvalue weighted by Gasteiger charge is -2.46. The number of methoxy groups -OCH3 is 1. The van der Waals surface area contributed by atoms with Gasteiger partial charge in [-0.25, -0.2) is 9.97 Å². The first-order valence-electron chi connectivity index (χ1n) is 7.60. The molecule has 1 spiro atoms. The normalized spacial score (nSPS) is 25.7. The van der Waals surface area contributed by atoms with Gasteiger partial charge in [0.25, 0.3) is 0 Å². The summed E-state index contributed by atoms with van der Waals surface area (Å²) >= 11 is 0. The van der Waals surface area contributed by atoms with E-state index in [1.807, 2.05) is 6.07 Å². The lowest BCUT2D eigenvalue weighted by atomic mass is 9.86. The highest BCUT2D eigenvalue weighted by atomic mass is 16.5. The summed E-state index contributed by atoms with van der Waals surface area (Å²) in [6.07, 6.45) is 5.33. The van der Waals surface area contributed by atoms with Crippen LogP contribution in [0.5, 0.6) is 5.88 Å². The van der Waals surface area contributed by atoms with E-state index in [1.165, 1.54) is 6.33 Å². The highest BCUT2D eigenvalue weighted by molar-refractivity contribution is 5.80. The summed E-state index contributed by atoms with van der Waals surface area (Å²) in [6, 6.07) is 1.87. The molecule has 0 saturated carbocycles. The van der Waals surface area contributed by atoms with Crippen LogP contribution in [0, 0.1) is 0 Å². The molecule has 2 aliphatic rings. The van der Waals surface area contributed by atoms with Gasteiger partial charge in [-0.05, 0) is 26.2 Å². The van der Waals surface area contributed by atoms with Crippen LogP contribution in [0.1, 0.15) is 32.6 Å². The Bertz CT molecular complexity index is 536. The van der Waals surface area contributed by atoms with Crippen molar-refractivity contribution in [1.82, 2.24) is 14.9 Å². The van der Waals surface area contributed by atoms with E-state index in [2.05, 4.69) is 26.7 Å². The molecule has 3 rings (SSSR count). The van der Waals surface area contributed by atoms with Gasteiger partial charge >= 0.3 is 0 Å². The molecule has 6 nitrogen and oxygen atoms in total. The van der Waals surface area contributed by atoms with Gasteiger partial charge in [-0.3, -0.25) is 4.79 Å². The van der Waals surface area contributed by atoms with Crippen LogP contribution < -0.4 is 9.64 Å². The van der Waals surface area contributed by atoms with Crippen LogP contribution >= 0.6 is 0 Å². The van der Waals surface area contributed by atoms with Gasteiger partial charge in [0, 0.05) is 32.1 Å². The summed E-state index contributed by atoms with van der Waals surface area (Å²) in [4.78, 5) is 24.8. The number of likely N-dealkylation sites (tertiary alicyclic amines) is 1. The molecule has 2 saturated heterocycles. The van der Waals surface area contributed by atoms with Crippen LogP contribution in [0.25, 0.3) is 0 Å². The average molecular weight is 290 g/mol. The van der Waals surface area contributed by atoms with Crippen LogP contribution in [0.3, 0.4) is 0 Å². The van der Waals surface area contributed by atoms with Gasteiger partial charge in [0.15, 0.2) is 0 Å². The zero-order valence-electron chi connectivity index (χ0n) is 12.7. The maximum atomic E-state index is 12.1. The van der Waals surface area contributed by atoms with E-state index in [4.69, 9.17) is 4.74 Å². The molecular formula is C15H22N4O2. The third-order valence-electron chi connectivity index (χ3n) is 4.71. The third kappa shape index (κ3) is 2.43. The lowest BCUT2D eigenvalue weighted by molar-refractivity contribution is -0.131. The molecule has 0 aliphatic carbocycles. The molecule has 1 amide bonds. The first-order valence-corrected chi connectivity index (χ1v) is 7.60. The fourth-order valence-corrected chi connectivity index (χ4v) is 3.73. The Kier molecular flexibility index (Phi) is 3.69.